The number of hydrogen-bond acceptors (Lipinski definition) is 5. The summed E-state index contributed by atoms with van der Waals surface area (Å²) in [6, 6.07) is 0. The van der Waals surface area contributed by atoms with Gasteiger partial charge in [0.05, 0.1) is 12.3 Å². The van der Waals surface area contributed by atoms with Crippen LogP contribution >= 0.6 is 11.5 Å². The van der Waals surface area contributed by atoms with Crippen LogP contribution in [0.5, 0.6) is 0 Å². The Bertz CT molecular complexity index is 314. The molecule has 0 saturated carbocycles. The molecule has 1 aliphatic heterocycles. The molecule has 0 bridgehead atoms. The number of rotatable bonds is 1. The van der Waals surface area contributed by atoms with Crippen LogP contribution in [-0.4, -0.2) is 44.7 Å². The smallest absolute Gasteiger partial charge is 0.267 e. The molecule has 1 amide bonds. The van der Waals surface area contributed by atoms with Gasteiger partial charge in [0.15, 0.2) is 0 Å². The lowest BCUT2D eigenvalue weighted by atomic mass is 10.1. The van der Waals surface area contributed by atoms with Crippen molar-refractivity contribution in [2.75, 3.05) is 13.1 Å². The highest BCUT2D eigenvalue weighted by Crippen LogP contribution is 2.14. The van der Waals surface area contributed by atoms with Gasteiger partial charge in [0.1, 0.15) is 4.88 Å². The zero-order valence-corrected chi connectivity index (χ0v) is 8.40. The third-order valence-corrected chi connectivity index (χ3v) is 2.91. The Hall–Kier alpha value is -1.01. The quantitative estimate of drug-likeness (QED) is 0.720. The van der Waals surface area contributed by atoms with Crippen molar-refractivity contribution in [2.24, 2.45) is 0 Å². The van der Waals surface area contributed by atoms with Gasteiger partial charge in [-0.1, -0.05) is 4.49 Å². The van der Waals surface area contributed by atoms with Gasteiger partial charge in [0.25, 0.3) is 5.91 Å². The maximum absolute atomic E-state index is 11.8. The van der Waals surface area contributed by atoms with Crippen LogP contribution in [0.4, 0.5) is 0 Å². The number of aliphatic hydroxyl groups excluding tert-OH is 1. The highest BCUT2D eigenvalue weighted by atomic mass is 32.1. The number of carbonyl (C=O) groups excluding carboxylic acids is 1. The van der Waals surface area contributed by atoms with E-state index < -0.39 is 0 Å². The normalized spacial score (nSPS) is 22.4. The van der Waals surface area contributed by atoms with Gasteiger partial charge in [-0.25, -0.2) is 0 Å². The van der Waals surface area contributed by atoms with Crippen LogP contribution in [-0.2, 0) is 0 Å². The molecule has 1 atom stereocenters. The standard InChI is InChI=1S/C8H11N3O2S/c12-6-2-1-3-11(5-6)8(13)7-4-9-10-14-7/h4,6,12H,1-3,5H2/t6-/m0/s1. The molecular weight excluding hydrogens is 202 g/mol. The van der Waals surface area contributed by atoms with Crippen molar-refractivity contribution < 1.29 is 9.90 Å². The van der Waals surface area contributed by atoms with Gasteiger partial charge in [-0.2, -0.15) is 0 Å². The number of hydrogen-bond donors (Lipinski definition) is 1. The van der Waals surface area contributed by atoms with Crippen LogP contribution in [0.1, 0.15) is 22.5 Å². The Labute approximate surface area is 85.5 Å². The molecule has 2 rings (SSSR count). The first-order valence-corrected chi connectivity index (χ1v) is 5.29. The van der Waals surface area contributed by atoms with E-state index >= 15 is 0 Å². The molecule has 0 aliphatic carbocycles. The van der Waals surface area contributed by atoms with E-state index in [0.717, 1.165) is 24.4 Å². The number of piperidine rings is 1. The second-order valence-corrected chi connectivity index (χ2v) is 4.11. The second kappa shape index (κ2) is 4.02. The fourth-order valence-corrected chi connectivity index (χ4v) is 2.04. The predicted octanol–water partition coefficient (Wildman–Crippen LogP) is 0.135. The van der Waals surface area contributed by atoms with Crippen LogP contribution < -0.4 is 0 Å². The molecule has 0 unspecified atom stereocenters. The van der Waals surface area contributed by atoms with Crippen molar-refractivity contribution in [3.05, 3.63) is 11.1 Å². The van der Waals surface area contributed by atoms with Crippen molar-refractivity contribution in [3.8, 4) is 0 Å². The SMILES string of the molecule is O=C(c1cnns1)N1CCC[C@H](O)C1. The lowest BCUT2D eigenvalue weighted by Crippen LogP contribution is -2.41. The molecule has 0 radical (unpaired) electrons. The molecule has 1 aromatic rings. The summed E-state index contributed by atoms with van der Waals surface area (Å²) in [5.41, 5.74) is 0. The predicted molar refractivity (Wildman–Crippen MR) is 51.1 cm³/mol. The molecule has 6 heteroatoms. The molecule has 0 spiro atoms. The Morgan fingerprint density at radius 2 is 2.57 bits per heavy atom. The van der Waals surface area contributed by atoms with E-state index in [1.165, 1.54) is 6.20 Å². The van der Waals surface area contributed by atoms with E-state index in [1.807, 2.05) is 0 Å². The maximum atomic E-state index is 11.8. The Kier molecular flexibility index (Phi) is 2.74. The number of aliphatic hydroxyl groups is 1. The van der Waals surface area contributed by atoms with Gasteiger partial charge >= 0.3 is 0 Å². The van der Waals surface area contributed by atoms with Crippen LogP contribution in [0.2, 0.25) is 0 Å². The Balaban J connectivity index is 2.04. The summed E-state index contributed by atoms with van der Waals surface area (Å²) in [5.74, 6) is -0.0706. The maximum Gasteiger partial charge on any atom is 0.267 e. The zero-order valence-electron chi connectivity index (χ0n) is 7.59. The molecule has 14 heavy (non-hydrogen) atoms. The largest absolute Gasteiger partial charge is 0.391 e. The summed E-state index contributed by atoms with van der Waals surface area (Å²) in [5, 5.41) is 13.0. The monoisotopic (exact) mass is 213 g/mol. The lowest BCUT2D eigenvalue weighted by Gasteiger charge is -2.29. The van der Waals surface area contributed by atoms with E-state index in [0.29, 0.717) is 18.0 Å². The van der Waals surface area contributed by atoms with E-state index in [4.69, 9.17) is 0 Å². The fourth-order valence-electron chi connectivity index (χ4n) is 1.56. The molecule has 76 valence electrons. The molecule has 5 nitrogen and oxygen atoms in total. The van der Waals surface area contributed by atoms with Gasteiger partial charge in [-0.15, -0.1) is 5.10 Å². The van der Waals surface area contributed by atoms with E-state index in [9.17, 15) is 9.90 Å². The first-order valence-electron chi connectivity index (χ1n) is 4.52. The van der Waals surface area contributed by atoms with Crippen molar-refractivity contribution in [3.63, 3.8) is 0 Å². The highest BCUT2D eigenvalue weighted by Gasteiger charge is 2.23. The number of amides is 1. The van der Waals surface area contributed by atoms with Gasteiger partial charge in [-0.05, 0) is 24.4 Å². The lowest BCUT2D eigenvalue weighted by molar-refractivity contribution is 0.0477. The van der Waals surface area contributed by atoms with E-state index in [1.54, 1.807) is 4.90 Å². The van der Waals surface area contributed by atoms with Crippen molar-refractivity contribution >= 4 is 17.4 Å². The van der Waals surface area contributed by atoms with Crippen LogP contribution in [0.3, 0.4) is 0 Å². The summed E-state index contributed by atoms with van der Waals surface area (Å²) in [4.78, 5) is 13.9. The summed E-state index contributed by atoms with van der Waals surface area (Å²) in [6.45, 7) is 1.14. The first kappa shape index (κ1) is 9.54. The molecule has 1 aromatic heterocycles. The van der Waals surface area contributed by atoms with Gasteiger partial charge in [0, 0.05) is 13.1 Å². The molecule has 1 aliphatic rings. The van der Waals surface area contributed by atoms with E-state index in [2.05, 4.69) is 9.59 Å². The summed E-state index contributed by atoms with van der Waals surface area (Å²) < 4.78 is 3.64. The van der Waals surface area contributed by atoms with Gasteiger partial charge in [0.2, 0.25) is 0 Å². The second-order valence-electron chi connectivity index (χ2n) is 3.33. The third-order valence-electron chi connectivity index (χ3n) is 2.26. The summed E-state index contributed by atoms with van der Waals surface area (Å²) >= 11 is 1.09. The average molecular weight is 213 g/mol. The topological polar surface area (TPSA) is 66.3 Å². The Morgan fingerprint density at radius 3 is 3.21 bits per heavy atom. The highest BCUT2D eigenvalue weighted by molar-refractivity contribution is 7.07. The molecule has 1 N–H and O–H groups in total. The first-order chi connectivity index (χ1) is 6.77. The molecule has 0 aromatic carbocycles. The van der Waals surface area contributed by atoms with Crippen molar-refractivity contribution in [1.29, 1.82) is 0 Å². The molecule has 1 fully saturated rings. The van der Waals surface area contributed by atoms with E-state index in [-0.39, 0.29) is 12.0 Å². The Morgan fingerprint density at radius 1 is 1.71 bits per heavy atom. The van der Waals surface area contributed by atoms with Gasteiger partial charge < -0.3 is 10.0 Å². The zero-order chi connectivity index (χ0) is 9.97. The third kappa shape index (κ3) is 1.91. The van der Waals surface area contributed by atoms with Crippen LogP contribution in [0.15, 0.2) is 6.20 Å². The summed E-state index contributed by atoms with van der Waals surface area (Å²) in [6.07, 6.45) is 2.73. The average Bonchev–Trinajstić information content (AvgIpc) is 2.69. The number of aromatic nitrogens is 2. The minimum absolute atomic E-state index is 0.0706. The molecule has 1 saturated heterocycles. The minimum Gasteiger partial charge on any atom is -0.391 e. The number of carbonyl (C=O) groups is 1. The summed E-state index contributed by atoms with van der Waals surface area (Å²) in [7, 11) is 0. The van der Waals surface area contributed by atoms with Crippen molar-refractivity contribution in [1.82, 2.24) is 14.5 Å². The molecule has 2 heterocycles. The fraction of sp³-hybridized carbons (Fsp3) is 0.625. The number of likely N-dealkylation sites (tertiary alicyclic amines) is 1. The minimum atomic E-state index is -0.381. The van der Waals surface area contributed by atoms with Crippen LogP contribution in [0, 0.1) is 0 Å². The molecular formula is C8H11N3O2S. The van der Waals surface area contributed by atoms with Crippen LogP contribution in [0.25, 0.3) is 0 Å². The number of nitrogens with zero attached hydrogens (tertiary/aromatic N) is 3. The number of β-amino-alcohol motifs (C(OH)–C–C–N with tert-alkyl or cyclic N) is 1. The van der Waals surface area contributed by atoms with Gasteiger partial charge in [-0.3, -0.25) is 4.79 Å². The van der Waals surface area contributed by atoms with Crippen molar-refractivity contribution in [2.45, 2.75) is 18.9 Å².